The quantitative estimate of drug-likeness (QED) is 0.531. The molecule has 3 aromatic carbocycles. The third kappa shape index (κ3) is 5.83. The number of benzene rings is 3. The number of hydrogen-bond acceptors (Lipinski definition) is 5. The molecule has 0 radical (unpaired) electrons. The zero-order chi connectivity index (χ0) is 24.1. The van der Waals surface area contributed by atoms with Gasteiger partial charge in [0.25, 0.3) is 15.9 Å². The number of carbonyl (C=O) groups is 1. The summed E-state index contributed by atoms with van der Waals surface area (Å²) in [6, 6.07) is 19.1. The third-order valence-electron chi connectivity index (χ3n) is 5.97. The highest BCUT2D eigenvalue weighted by atomic mass is 32.2. The maximum Gasteiger partial charge on any atom is 0.261 e. The Labute approximate surface area is 200 Å². The molecule has 0 spiro atoms. The lowest BCUT2D eigenvalue weighted by molar-refractivity contribution is 0.0342. The molecule has 0 atom stereocenters. The number of amides is 1. The number of anilines is 2. The number of carbonyl (C=O) groups excluding carboxylic acids is 1. The summed E-state index contributed by atoms with van der Waals surface area (Å²) in [5.41, 5.74) is 4.60. The maximum atomic E-state index is 12.8. The highest BCUT2D eigenvalue weighted by Gasteiger charge is 2.17. The molecule has 1 heterocycles. The van der Waals surface area contributed by atoms with E-state index in [1.807, 2.05) is 50.2 Å². The molecule has 7 nitrogen and oxygen atoms in total. The normalized spacial score (nSPS) is 14.5. The molecule has 0 bridgehead atoms. The van der Waals surface area contributed by atoms with Crippen molar-refractivity contribution in [3.63, 3.8) is 0 Å². The van der Waals surface area contributed by atoms with Crippen molar-refractivity contribution in [1.82, 2.24) is 4.90 Å². The summed E-state index contributed by atoms with van der Waals surface area (Å²) in [5.74, 6) is -0.296. The molecule has 1 aliphatic heterocycles. The van der Waals surface area contributed by atoms with Crippen molar-refractivity contribution in [2.24, 2.45) is 0 Å². The van der Waals surface area contributed by atoms with E-state index in [0.29, 0.717) is 16.9 Å². The maximum absolute atomic E-state index is 12.8. The van der Waals surface area contributed by atoms with Gasteiger partial charge in [0.15, 0.2) is 0 Å². The van der Waals surface area contributed by atoms with E-state index in [1.165, 1.54) is 24.3 Å². The average molecular weight is 480 g/mol. The van der Waals surface area contributed by atoms with Crippen molar-refractivity contribution in [2.45, 2.75) is 25.3 Å². The fraction of sp³-hybridized carbons (Fsp3) is 0.269. The van der Waals surface area contributed by atoms with Crippen LogP contribution in [0.4, 0.5) is 11.4 Å². The van der Waals surface area contributed by atoms with Gasteiger partial charge in [-0.3, -0.25) is 14.4 Å². The number of nitrogens with zero attached hydrogens (tertiary/aromatic N) is 1. The molecule has 178 valence electrons. The van der Waals surface area contributed by atoms with E-state index in [2.05, 4.69) is 14.9 Å². The van der Waals surface area contributed by atoms with Gasteiger partial charge in [-0.15, -0.1) is 0 Å². The van der Waals surface area contributed by atoms with Gasteiger partial charge in [0.1, 0.15) is 0 Å². The Morgan fingerprint density at radius 3 is 2.41 bits per heavy atom. The Balaban J connectivity index is 1.42. The molecular formula is C26H29N3O4S. The van der Waals surface area contributed by atoms with Crippen molar-refractivity contribution in [3.8, 4) is 0 Å². The first-order valence-corrected chi connectivity index (χ1v) is 12.7. The van der Waals surface area contributed by atoms with Crippen LogP contribution >= 0.6 is 0 Å². The molecule has 34 heavy (non-hydrogen) atoms. The van der Waals surface area contributed by atoms with Crippen LogP contribution in [0.25, 0.3) is 0 Å². The molecule has 0 unspecified atom stereocenters. The Morgan fingerprint density at radius 1 is 0.971 bits per heavy atom. The number of hydrogen-bond donors (Lipinski definition) is 2. The first-order chi connectivity index (χ1) is 16.3. The number of rotatable bonds is 7. The lowest BCUT2D eigenvalue weighted by Crippen LogP contribution is -2.35. The van der Waals surface area contributed by atoms with Crippen LogP contribution in [0.2, 0.25) is 0 Å². The second-order valence-electron chi connectivity index (χ2n) is 8.42. The van der Waals surface area contributed by atoms with E-state index in [-0.39, 0.29) is 10.8 Å². The number of morpholine rings is 1. The van der Waals surface area contributed by atoms with Gasteiger partial charge in [0, 0.05) is 30.9 Å². The van der Waals surface area contributed by atoms with Gasteiger partial charge in [-0.1, -0.05) is 24.3 Å². The highest BCUT2D eigenvalue weighted by molar-refractivity contribution is 7.92. The minimum absolute atomic E-state index is 0.0949. The smallest absolute Gasteiger partial charge is 0.261 e. The summed E-state index contributed by atoms with van der Waals surface area (Å²) < 4.78 is 33.7. The zero-order valence-electron chi connectivity index (χ0n) is 19.4. The first kappa shape index (κ1) is 23.9. The summed E-state index contributed by atoms with van der Waals surface area (Å²) in [4.78, 5) is 15.2. The monoisotopic (exact) mass is 479 g/mol. The van der Waals surface area contributed by atoms with E-state index < -0.39 is 10.0 Å². The van der Waals surface area contributed by atoms with Crippen LogP contribution in [0.5, 0.6) is 0 Å². The van der Waals surface area contributed by atoms with Crippen molar-refractivity contribution in [1.29, 1.82) is 0 Å². The Kier molecular flexibility index (Phi) is 7.31. The zero-order valence-corrected chi connectivity index (χ0v) is 20.2. The van der Waals surface area contributed by atoms with E-state index >= 15 is 0 Å². The second kappa shape index (κ2) is 10.4. The highest BCUT2D eigenvalue weighted by Crippen LogP contribution is 2.22. The van der Waals surface area contributed by atoms with E-state index in [9.17, 15) is 13.2 Å². The number of aryl methyl sites for hydroxylation is 1. The minimum Gasteiger partial charge on any atom is -0.379 e. The molecule has 0 aliphatic carbocycles. The fourth-order valence-corrected chi connectivity index (χ4v) is 4.94. The van der Waals surface area contributed by atoms with Crippen LogP contribution in [0.3, 0.4) is 0 Å². The van der Waals surface area contributed by atoms with Crippen molar-refractivity contribution in [2.75, 3.05) is 36.3 Å². The number of ether oxygens (including phenoxy) is 1. The average Bonchev–Trinajstić information content (AvgIpc) is 2.83. The van der Waals surface area contributed by atoms with Gasteiger partial charge in [0.05, 0.1) is 23.8 Å². The molecule has 1 fully saturated rings. The first-order valence-electron chi connectivity index (χ1n) is 11.2. The van der Waals surface area contributed by atoms with Crippen LogP contribution in [0.15, 0.2) is 71.6 Å². The van der Waals surface area contributed by atoms with Gasteiger partial charge in [-0.25, -0.2) is 8.42 Å². The Morgan fingerprint density at radius 2 is 1.68 bits per heavy atom. The third-order valence-corrected chi connectivity index (χ3v) is 7.35. The number of nitrogens with one attached hydrogen (secondary N) is 2. The Hall–Kier alpha value is -3.20. The van der Waals surface area contributed by atoms with Gasteiger partial charge < -0.3 is 10.1 Å². The molecule has 8 heteroatoms. The molecule has 1 aliphatic rings. The second-order valence-corrected chi connectivity index (χ2v) is 10.1. The molecule has 3 aromatic rings. The lowest BCUT2D eigenvalue weighted by atomic mass is 10.1. The van der Waals surface area contributed by atoms with E-state index in [1.54, 1.807) is 6.07 Å². The van der Waals surface area contributed by atoms with Crippen molar-refractivity contribution < 1.29 is 17.9 Å². The molecule has 0 aromatic heterocycles. The predicted octanol–water partition coefficient (Wildman–Crippen LogP) is 4.19. The SMILES string of the molecule is Cc1cccc(NS(=O)(=O)c2ccc(C(=O)Nc3cccc(CN4CCOCC4)c3)cc2)c1C. The molecule has 1 saturated heterocycles. The van der Waals surface area contributed by atoms with Crippen molar-refractivity contribution >= 4 is 27.3 Å². The summed E-state index contributed by atoms with van der Waals surface area (Å²) in [6.07, 6.45) is 0. The van der Waals surface area contributed by atoms with Crippen LogP contribution in [0, 0.1) is 13.8 Å². The summed E-state index contributed by atoms with van der Waals surface area (Å²) in [6.45, 7) is 7.86. The molecular weight excluding hydrogens is 450 g/mol. The molecule has 2 N–H and O–H groups in total. The molecule has 1 amide bonds. The standard InChI is InChI=1S/C26H29N3O4S/c1-19-5-3-8-25(20(19)2)28-34(31,32)24-11-9-22(10-12-24)26(30)27-23-7-4-6-21(17-23)18-29-13-15-33-16-14-29/h3-12,17,28H,13-16,18H2,1-2H3,(H,27,30). The molecule has 0 saturated carbocycles. The molecule has 4 rings (SSSR count). The Bertz CT molecular complexity index is 1270. The topological polar surface area (TPSA) is 87.7 Å². The minimum atomic E-state index is -3.77. The lowest BCUT2D eigenvalue weighted by Gasteiger charge is -2.26. The van der Waals surface area contributed by atoms with Crippen molar-refractivity contribution in [3.05, 3.63) is 89.0 Å². The van der Waals surface area contributed by atoms with Gasteiger partial charge in [0.2, 0.25) is 0 Å². The van der Waals surface area contributed by atoms with E-state index in [4.69, 9.17) is 4.74 Å². The van der Waals surface area contributed by atoms with E-state index in [0.717, 1.165) is 49.5 Å². The predicted molar refractivity (Wildman–Crippen MR) is 134 cm³/mol. The van der Waals surface area contributed by atoms with Crippen LogP contribution in [0.1, 0.15) is 27.0 Å². The van der Waals surface area contributed by atoms with Crippen LogP contribution < -0.4 is 10.0 Å². The fourth-order valence-electron chi connectivity index (χ4n) is 3.82. The number of sulfonamides is 1. The van der Waals surface area contributed by atoms with Gasteiger partial charge in [-0.05, 0) is 73.0 Å². The van der Waals surface area contributed by atoms with Gasteiger partial charge >= 0.3 is 0 Å². The van der Waals surface area contributed by atoms with Crippen LogP contribution in [-0.2, 0) is 21.3 Å². The summed E-state index contributed by atoms with van der Waals surface area (Å²) in [5, 5.41) is 2.90. The summed E-state index contributed by atoms with van der Waals surface area (Å²) >= 11 is 0. The van der Waals surface area contributed by atoms with Crippen LogP contribution in [-0.4, -0.2) is 45.5 Å². The van der Waals surface area contributed by atoms with Gasteiger partial charge in [-0.2, -0.15) is 0 Å². The largest absolute Gasteiger partial charge is 0.379 e. The summed E-state index contributed by atoms with van der Waals surface area (Å²) in [7, 11) is -3.77.